The summed E-state index contributed by atoms with van der Waals surface area (Å²) in [5.74, 6) is 1.96. The van der Waals surface area contributed by atoms with E-state index in [1.54, 1.807) is 13.3 Å². The number of benzene rings is 1. The quantitative estimate of drug-likeness (QED) is 0.490. The first-order valence-corrected chi connectivity index (χ1v) is 10.2. The summed E-state index contributed by atoms with van der Waals surface area (Å²) in [5, 5.41) is 9.65. The Morgan fingerprint density at radius 2 is 2.07 bits per heavy atom. The van der Waals surface area contributed by atoms with Gasteiger partial charge in [-0.1, -0.05) is 18.6 Å². The summed E-state index contributed by atoms with van der Waals surface area (Å²) in [5.41, 5.74) is 2.70. The molecule has 0 saturated carbocycles. The van der Waals surface area contributed by atoms with E-state index >= 15 is 0 Å². The summed E-state index contributed by atoms with van der Waals surface area (Å²) in [6, 6.07) is 15.9. The van der Waals surface area contributed by atoms with Gasteiger partial charge in [0.25, 0.3) is 5.89 Å². The van der Waals surface area contributed by atoms with Gasteiger partial charge in [-0.3, -0.25) is 14.9 Å². The lowest BCUT2D eigenvalue weighted by Gasteiger charge is -2.33. The number of likely N-dealkylation sites (tertiary alicyclic amines) is 1. The third kappa shape index (κ3) is 3.76. The number of fused-ring (bicyclic) bond motifs is 1. The summed E-state index contributed by atoms with van der Waals surface area (Å²) in [6.07, 6.45) is 5.03. The van der Waals surface area contributed by atoms with E-state index in [9.17, 15) is 0 Å². The maximum Gasteiger partial charge on any atom is 0.266 e. The Balaban J connectivity index is 1.38. The fourth-order valence-corrected chi connectivity index (χ4v) is 3.99. The minimum Gasteiger partial charge on any atom is -0.497 e. The Bertz CT molecular complexity index is 1140. The predicted molar refractivity (Wildman–Crippen MR) is 113 cm³/mol. The molecule has 1 aliphatic rings. The van der Waals surface area contributed by atoms with E-state index in [0.717, 1.165) is 54.7 Å². The topological polar surface area (TPSA) is 77.2 Å². The van der Waals surface area contributed by atoms with Crippen molar-refractivity contribution in [2.24, 2.45) is 0 Å². The molecular formula is C23H23N5O2. The van der Waals surface area contributed by atoms with E-state index < -0.39 is 0 Å². The molecule has 0 bridgehead atoms. The fraction of sp³-hybridized carbons (Fsp3) is 0.304. The smallest absolute Gasteiger partial charge is 0.266 e. The Kier molecular flexibility index (Phi) is 5.11. The minimum atomic E-state index is 0.0945. The third-order valence-electron chi connectivity index (χ3n) is 5.54. The maximum atomic E-state index is 6.01. The van der Waals surface area contributed by atoms with E-state index in [1.807, 2.05) is 36.4 Å². The average molecular weight is 401 g/mol. The van der Waals surface area contributed by atoms with Gasteiger partial charge in [-0.05, 0) is 55.8 Å². The van der Waals surface area contributed by atoms with Crippen LogP contribution in [0.15, 0.2) is 59.1 Å². The Morgan fingerprint density at radius 1 is 1.10 bits per heavy atom. The van der Waals surface area contributed by atoms with E-state index in [1.165, 1.54) is 0 Å². The Hall–Kier alpha value is -3.32. The maximum absolute atomic E-state index is 6.01. The average Bonchev–Trinajstić information content (AvgIpc) is 3.30. The summed E-state index contributed by atoms with van der Waals surface area (Å²) in [4.78, 5) is 11.5. The van der Waals surface area contributed by atoms with Crippen molar-refractivity contribution in [1.82, 2.24) is 25.1 Å². The molecule has 7 heteroatoms. The summed E-state index contributed by atoms with van der Waals surface area (Å²) in [6.45, 7) is 1.72. The lowest BCUT2D eigenvalue weighted by atomic mass is 10.0. The molecule has 1 atom stereocenters. The Labute approximate surface area is 174 Å². The van der Waals surface area contributed by atoms with Crippen LogP contribution in [0.1, 0.15) is 36.9 Å². The van der Waals surface area contributed by atoms with Crippen LogP contribution < -0.4 is 4.74 Å². The van der Waals surface area contributed by atoms with Crippen molar-refractivity contribution in [3.63, 3.8) is 0 Å². The summed E-state index contributed by atoms with van der Waals surface area (Å²) in [7, 11) is 1.68. The van der Waals surface area contributed by atoms with Crippen LogP contribution in [0.5, 0.6) is 5.75 Å². The van der Waals surface area contributed by atoms with Gasteiger partial charge < -0.3 is 9.15 Å². The van der Waals surface area contributed by atoms with Gasteiger partial charge in [0, 0.05) is 18.1 Å². The van der Waals surface area contributed by atoms with Gasteiger partial charge in [-0.25, -0.2) is 0 Å². The van der Waals surface area contributed by atoms with Crippen LogP contribution in [0.25, 0.3) is 22.5 Å². The van der Waals surface area contributed by atoms with Crippen molar-refractivity contribution >= 4 is 10.9 Å². The first-order valence-electron chi connectivity index (χ1n) is 10.2. The van der Waals surface area contributed by atoms with Crippen LogP contribution in [0, 0.1) is 0 Å². The third-order valence-corrected chi connectivity index (χ3v) is 5.54. The van der Waals surface area contributed by atoms with Gasteiger partial charge in [0.1, 0.15) is 11.4 Å². The molecule has 0 N–H and O–H groups in total. The number of hydrogen-bond acceptors (Lipinski definition) is 7. The lowest BCUT2D eigenvalue weighted by molar-refractivity contribution is 0.117. The number of ether oxygens (including phenoxy) is 1. The van der Waals surface area contributed by atoms with Crippen LogP contribution in [0.2, 0.25) is 0 Å². The van der Waals surface area contributed by atoms with Crippen molar-refractivity contribution in [3.8, 4) is 17.3 Å². The van der Waals surface area contributed by atoms with Gasteiger partial charge >= 0.3 is 0 Å². The molecule has 3 aromatic heterocycles. The zero-order chi connectivity index (χ0) is 20.3. The number of piperidine rings is 1. The molecule has 0 radical (unpaired) electrons. The van der Waals surface area contributed by atoms with Crippen LogP contribution in [-0.4, -0.2) is 38.7 Å². The van der Waals surface area contributed by atoms with Crippen LogP contribution in [-0.2, 0) is 6.54 Å². The van der Waals surface area contributed by atoms with E-state index in [-0.39, 0.29) is 6.04 Å². The van der Waals surface area contributed by atoms with Crippen molar-refractivity contribution < 1.29 is 9.15 Å². The highest BCUT2D eigenvalue weighted by molar-refractivity contribution is 5.80. The highest BCUT2D eigenvalue weighted by Gasteiger charge is 2.29. The zero-order valence-corrected chi connectivity index (χ0v) is 16.9. The second kappa shape index (κ2) is 8.20. The summed E-state index contributed by atoms with van der Waals surface area (Å²) >= 11 is 0. The molecule has 152 valence electrons. The molecule has 1 aromatic carbocycles. The van der Waals surface area contributed by atoms with Gasteiger partial charge in [0.2, 0.25) is 5.89 Å². The lowest BCUT2D eigenvalue weighted by Crippen LogP contribution is -2.33. The minimum absolute atomic E-state index is 0.0945. The molecule has 1 fully saturated rings. The SMILES string of the molecule is COc1ccc2nc(CN3CCCCC3c3nnc(-c4ccccn4)o3)ccc2c1. The number of aromatic nitrogens is 4. The van der Waals surface area contributed by atoms with E-state index in [0.29, 0.717) is 17.5 Å². The number of hydrogen-bond donors (Lipinski definition) is 0. The van der Waals surface area contributed by atoms with Crippen molar-refractivity contribution in [1.29, 1.82) is 0 Å². The van der Waals surface area contributed by atoms with Gasteiger partial charge in [-0.2, -0.15) is 0 Å². The van der Waals surface area contributed by atoms with Gasteiger partial charge in [-0.15, -0.1) is 10.2 Å². The number of methoxy groups -OCH3 is 1. The Morgan fingerprint density at radius 3 is 2.93 bits per heavy atom. The molecule has 4 heterocycles. The molecular weight excluding hydrogens is 378 g/mol. The molecule has 5 rings (SSSR count). The van der Waals surface area contributed by atoms with Crippen molar-refractivity contribution in [2.45, 2.75) is 31.8 Å². The fourth-order valence-electron chi connectivity index (χ4n) is 3.99. The van der Waals surface area contributed by atoms with Crippen molar-refractivity contribution in [2.75, 3.05) is 13.7 Å². The monoisotopic (exact) mass is 401 g/mol. The molecule has 0 aliphatic carbocycles. The first kappa shape index (κ1) is 18.7. The predicted octanol–water partition coefficient (Wildman–Crippen LogP) is 4.42. The highest BCUT2D eigenvalue weighted by atomic mass is 16.5. The largest absolute Gasteiger partial charge is 0.497 e. The summed E-state index contributed by atoms with van der Waals surface area (Å²) < 4.78 is 11.3. The molecule has 4 aromatic rings. The van der Waals surface area contributed by atoms with E-state index in [4.69, 9.17) is 14.1 Å². The van der Waals surface area contributed by atoms with Crippen molar-refractivity contribution in [3.05, 3.63) is 66.3 Å². The molecule has 1 aliphatic heterocycles. The van der Waals surface area contributed by atoms with Gasteiger partial charge in [0.15, 0.2) is 0 Å². The molecule has 7 nitrogen and oxygen atoms in total. The standard InChI is InChI=1S/C23H23N5O2/c1-29-18-10-11-19-16(14-18)8-9-17(25-19)15-28-13-5-3-7-21(28)23-27-26-22(30-23)20-6-2-4-12-24-20/h2,4,6,8-12,14,21H,3,5,7,13,15H2,1H3. The van der Waals surface area contributed by atoms with Crippen LogP contribution in [0.3, 0.4) is 0 Å². The van der Waals surface area contributed by atoms with Crippen LogP contribution in [0.4, 0.5) is 0 Å². The molecule has 1 unspecified atom stereocenters. The normalized spacial score (nSPS) is 17.3. The number of pyridine rings is 2. The van der Waals surface area contributed by atoms with Crippen LogP contribution >= 0.6 is 0 Å². The van der Waals surface area contributed by atoms with E-state index in [2.05, 4.69) is 32.2 Å². The molecule has 30 heavy (non-hydrogen) atoms. The molecule has 0 spiro atoms. The first-order chi connectivity index (χ1) is 14.8. The number of rotatable bonds is 5. The second-order valence-electron chi connectivity index (χ2n) is 7.50. The highest BCUT2D eigenvalue weighted by Crippen LogP contribution is 2.32. The van der Waals surface area contributed by atoms with Gasteiger partial charge in [0.05, 0.1) is 24.4 Å². The second-order valence-corrected chi connectivity index (χ2v) is 7.50. The number of nitrogens with zero attached hydrogens (tertiary/aromatic N) is 5. The molecule has 0 amide bonds. The molecule has 1 saturated heterocycles. The zero-order valence-electron chi connectivity index (χ0n) is 16.9.